The predicted octanol–water partition coefficient (Wildman–Crippen LogP) is 1.34. The zero-order valence-corrected chi connectivity index (χ0v) is 12.6. The van der Waals surface area contributed by atoms with Crippen LogP contribution in [-0.4, -0.2) is 42.8 Å². The van der Waals surface area contributed by atoms with Crippen LogP contribution in [-0.2, 0) is 20.7 Å². The monoisotopic (exact) mass is 319 g/mol. The number of carbonyl (C=O) groups is 2. The van der Waals surface area contributed by atoms with E-state index in [1.807, 2.05) is 6.07 Å². The minimum atomic E-state index is -1.33. The number of aliphatic carboxylic acids is 1. The van der Waals surface area contributed by atoms with Crippen molar-refractivity contribution in [3.63, 3.8) is 0 Å². The van der Waals surface area contributed by atoms with Gasteiger partial charge in [0.25, 0.3) is 0 Å². The molecule has 1 aliphatic heterocycles. The maximum absolute atomic E-state index is 12.2. The maximum atomic E-state index is 12.2. The van der Waals surface area contributed by atoms with Gasteiger partial charge in [-0.3, -0.25) is 4.79 Å². The summed E-state index contributed by atoms with van der Waals surface area (Å²) in [6.07, 6.45) is 1.80. The van der Waals surface area contributed by atoms with Crippen molar-refractivity contribution in [1.29, 1.82) is 0 Å². The summed E-state index contributed by atoms with van der Waals surface area (Å²) in [5.41, 5.74) is -0.0243. The standard InChI is InChI=1S/C16H17NO6/c1-21-11-2-3-12-10(8-23-13(12)7-11)6-14(18)17-16(15(19)20)4-5-22-9-16/h2-3,7-8H,4-6,9H2,1H3,(H,17,18)(H,19,20). The third kappa shape index (κ3) is 2.87. The highest BCUT2D eigenvalue weighted by Gasteiger charge is 2.43. The van der Waals surface area contributed by atoms with E-state index in [9.17, 15) is 14.7 Å². The summed E-state index contributed by atoms with van der Waals surface area (Å²) in [5.74, 6) is -0.794. The Kier molecular flexibility index (Phi) is 3.96. The van der Waals surface area contributed by atoms with Crippen molar-refractivity contribution in [2.45, 2.75) is 18.4 Å². The number of hydrogen-bond donors (Lipinski definition) is 2. The van der Waals surface area contributed by atoms with Gasteiger partial charge in [-0.15, -0.1) is 0 Å². The second kappa shape index (κ2) is 5.92. The second-order valence-corrected chi connectivity index (χ2v) is 5.54. The van der Waals surface area contributed by atoms with Crippen molar-refractivity contribution < 1.29 is 28.6 Å². The molecule has 7 heteroatoms. The molecule has 23 heavy (non-hydrogen) atoms. The molecule has 2 N–H and O–H groups in total. The molecule has 1 aliphatic rings. The second-order valence-electron chi connectivity index (χ2n) is 5.54. The normalized spacial score (nSPS) is 20.6. The van der Waals surface area contributed by atoms with Crippen LogP contribution in [0.3, 0.4) is 0 Å². The van der Waals surface area contributed by atoms with Gasteiger partial charge in [-0.1, -0.05) is 0 Å². The lowest BCUT2D eigenvalue weighted by Gasteiger charge is -2.23. The number of carboxylic acids is 1. The topological polar surface area (TPSA) is 98.0 Å². The lowest BCUT2D eigenvalue weighted by Crippen LogP contribution is -2.55. The van der Waals surface area contributed by atoms with Crippen molar-refractivity contribution in [2.75, 3.05) is 20.3 Å². The predicted molar refractivity (Wildman–Crippen MR) is 80.4 cm³/mol. The Bertz CT molecular complexity index is 744. The number of ether oxygens (including phenoxy) is 2. The van der Waals surface area contributed by atoms with Gasteiger partial charge < -0.3 is 24.3 Å². The number of nitrogens with one attached hydrogen (secondary N) is 1. The lowest BCUT2D eigenvalue weighted by molar-refractivity contribution is -0.147. The first-order valence-electron chi connectivity index (χ1n) is 7.20. The summed E-state index contributed by atoms with van der Waals surface area (Å²) in [5, 5.41) is 12.7. The van der Waals surface area contributed by atoms with Gasteiger partial charge in [-0.2, -0.15) is 0 Å². The molecule has 1 amide bonds. The van der Waals surface area contributed by atoms with E-state index in [0.717, 1.165) is 5.39 Å². The molecule has 1 fully saturated rings. The Hall–Kier alpha value is -2.54. The van der Waals surface area contributed by atoms with Gasteiger partial charge in [-0.05, 0) is 12.1 Å². The third-order valence-corrected chi connectivity index (χ3v) is 4.02. The largest absolute Gasteiger partial charge is 0.497 e. The van der Waals surface area contributed by atoms with Crippen LogP contribution in [0.1, 0.15) is 12.0 Å². The first-order valence-corrected chi connectivity index (χ1v) is 7.20. The van der Waals surface area contributed by atoms with Crippen LogP contribution in [0.5, 0.6) is 5.75 Å². The Balaban J connectivity index is 1.76. The molecule has 3 rings (SSSR count). The van der Waals surface area contributed by atoms with Crippen molar-refractivity contribution in [3.05, 3.63) is 30.0 Å². The first kappa shape index (κ1) is 15.4. The molecule has 7 nitrogen and oxygen atoms in total. The summed E-state index contributed by atoms with van der Waals surface area (Å²) in [6, 6.07) is 5.33. The number of carbonyl (C=O) groups excluding carboxylic acids is 1. The Morgan fingerprint density at radius 1 is 1.43 bits per heavy atom. The molecule has 1 aromatic carbocycles. The van der Waals surface area contributed by atoms with Crippen molar-refractivity contribution >= 4 is 22.8 Å². The SMILES string of the molecule is COc1ccc2c(CC(=O)NC3(C(=O)O)CCOC3)coc2c1. The van der Waals surface area contributed by atoms with E-state index in [2.05, 4.69) is 5.32 Å². The van der Waals surface area contributed by atoms with Crippen molar-refractivity contribution in [1.82, 2.24) is 5.32 Å². The summed E-state index contributed by atoms with van der Waals surface area (Å²) < 4.78 is 15.7. The third-order valence-electron chi connectivity index (χ3n) is 4.02. The van der Waals surface area contributed by atoms with Gasteiger partial charge in [0.1, 0.15) is 11.3 Å². The number of hydrogen-bond acceptors (Lipinski definition) is 5. The Morgan fingerprint density at radius 2 is 2.26 bits per heavy atom. The van der Waals surface area contributed by atoms with Gasteiger partial charge in [0.2, 0.25) is 5.91 Å². The molecule has 1 unspecified atom stereocenters. The van der Waals surface area contributed by atoms with Crippen LogP contribution in [0.15, 0.2) is 28.9 Å². The van der Waals surface area contributed by atoms with Crippen LogP contribution in [0.2, 0.25) is 0 Å². The van der Waals surface area contributed by atoms with Crippen molar-refractivity contribution in [3.8, 4) is 5.75 Å². The summed E-state index contributed by atoms with van der Waals surface area (Å²) in [4.78, 5) is 23.7. The zero-order valence-electron chi connectivity index (χ0n) is 12.6. The van der Waals surface area contributed by atoms with Gasteiger partial charge in [0.05, 0.1) is 26.4 Å². The summed E-state index contributed by atoms with van der Waals surface area (Å²) in [6.45, 7) is 0.304. The molecule has 0 saturated carbocycles. The Labute approximate surface area is 132 Å². The van der Waals surface area contributed by atoms with E-state index in [1.54, 1.807) is 19.2 Å². The van der Waals surface area contributed by atoms with E-state index in [4.69, 9.17) is 13.9 Å². The fraction of sp³-hybridized carbons (Fsp3) is 0.375. The highest BCUT2D eigenvalue weighted by Crippen LogP contribution is 2.26. The van der Waals surface area contributed by atoms with Crippen LogP contribution in [0, 0.1) is 0 Å². The van der Waals surface area contributed by atoms with Gasteiger partial charge in [0, 0.05) is 30.0 Å². The van der Waals surface area contributed by atoms with E-state index >= 15 is 0 Å². The molecule has 2 aromatic rings. The van der Waals surface area contributed by atoms with Gasteiger partial charge in [-0.25, -0.2) is 4.79 Å². The number of methoxy groups -OCH3 is 1. The summed E-state index contributed by atoms with van der Waals surface area (Å²) >= 11 is 0. The lowest BCUT2D eigenvalue weighted by atomic mass is 9.98. The quantitative estimate of drug-likeness (QED) is 0.863. The summed E-state index contributed by atoms with van der Waals surface area (Å²) in [7, 11) is 1.56. The van der Waals surface area contributed by atoms with Crippen LogP contribution in [0.25, 0.3) is 11.0 Å². The van der Waals surface area contributed by atoms with Crippen LogP contribution < -0.4 is 10.1 Å². The van der Waals surface area contributed by atoms with E-state index < -0.39 is 11.5 Å². The number of benzene rings is 1. The highest BCUT2D eigenvalue weighted by molar-refractivity contribution is 5.91. The number of carboxylic acid groups (broad SMARTS) is 1. The molecular formula is C16H17NO6. The highest BCUT2D eigenvalue weighted by atomic mass is 16.5. The van der Waals surface area contributed by atoms with E-state index in [0.29, 0.717) is 23.5 Å². The molecule has 0 radical (unpaired) electrons. The van der Waals surface area contributed by atoms with Crippen LogP contribution in [0.4, 0.5) is 0 Å². The number of rotatable bonds is 5. The minimum absolute atomic E-state index is 0.0165. The van der Waals surface area contributed by atoms with Gasteiger partial charge >= 0.3 is 5.97 Å². The fourth-order valence-corrected chi connectivity index (χ4v) is 2.70. The zero-order chi connectivity index (χ0) is 16.4. The molecular weight excluding hydrogens is 302 g/mol. The molecule has 1 atom stereocenters. The number of furan rings is 1. The number of fused-ring (bicyclic) bond motifs is 1. The molecule has 0 bridgehead atoms. The molecule has 1 aromatic heterocycles. The number of amides is 1. The molecule has 0 spiro atoms. The molecule has 2 heterocycles. The van der Waals surface area contributed by atoms with E-state index in [1.165, 1.54) is 6.26 Å². The average Bonchev–Trinajstić information content (AvgIpc) is 3.15. The maximum Gasteiger partial charge on any atom is 0.331 e. The van der Waals surface area contributed by atoms with E-state index in [-0.39, 0.29) is 25.4 Å². The molecule has 0 aliphatic carbocycles. The van der Waals surface area contributed by atoms with Crippen molar-refractivity contribution in [2.24, 2.45) is 0 Å². The smallest absolute Gasteiger partial charge is 0.331 e. The van der Waals surface area contributed by atoms with Gasteiger partial charge in [0.15, 0.2) is 5.54 Å². The molecule has 1 saturated heterocycles. The average molecular weight is 319 g/mol. The van der Waals surface area contributed by atoms with Crippen LogP contribution >= 0.6 is 0 Å². The fourth-order valence-electron chi connectivity index (χ4n) is 2.70. The minimum Gasteiger partial charge on any atom is -0.497 e. The molecule has 122 valence electrons. The first-order chi connectivity index (χ1) is 11.0. The Morgan fingerprint density at radius 3 is 2.91 bits per heavy atom.